The van der Waals surface area contributed by atoms with Crippen molar-refractivity contribution in [3.8, 4) is 0 Å². The van der Waals surface area contributed by atoms with Crippen molar-refractivity contribution < 1.29 is 14.3 Å². The van der Waals surface area contributed by atoms with Crippen molar-refractivity contribution in [1.29, 1.82) is 0 Å². The van der Waals surface area contributed by atoms with Crippen molar-refractivity contribution in [2.45, 2.75) is 26.8 Å². The van der Waals surface area contributed by atoms with Crippen LogP contribution in [0.25, 0.3) is 0 Å². The molecule has 2 heterocycles. The zero-order valence-electron chi connectivity index (χ0n) is 12.7. The lowest BCUT2D eigenvalue weighted by Gasteiger charge is -2.04. The first-order valence-corrected chi connectivity index (χ1v) is 7.80. The van der Waals surface area contributed by atoms with E-state index in [1.165, 1.54) is 17.4 Å². The number of anilines is 1. The van der Waals surface area contributed by atoms with Crippen molar-refractivity contribution >= 4 is 28.3 Å². The maximum atomic E-state index is 11.9. The van der Waals surface area contributed by atoms with E-state index in [-0.39, 0.29) is 24.5 Å². The van der Waals surface area contributed by atoms with Crippen molar-refractivity contribution in [2.75, 3.05) is 11.9 Å². The first-order valence-electron chi connectivity index (χ1n) is 6.92. The van der Waals surface area contributed by atoms with Gasteiger partial charge in [0.05, 0.1) is 24.4 Å². The van der Waals surface area contributed by atoms with Gasteiger partial charge in [-0.05, 0) is 19.9 Å². The molecular formula is C14H16N4O4S. The molecule has 0 spiro atoms. The number of hydrogen-bond acceptors (Lipinski definition) is 7. The minimum Gasteiger partial charge on any atom is -0.466 e. The fraction of sp³-hybridized carbons (Fsp3) is 0.357. The maximum absolute atomic E-state index is 11.9. The third-order valence-electron chi connectivity index (χ3n) is 2.72. The molecule has 0 atom stereocenters. The first-order chi connectivity index (χ1) is 11.0. The fourth-order valence-corrected chi connectivity index (χ4v) is 2.49. The highest BCUT2D eigenvalue weighted by Gasteiger charge is 2.11. The molecule has 8 nitrogen and oxygen atoms in total. The molecule has 2 rings (SSSR count). The Morgan fingerprint density at radius 1 is 1.39 bits per heavy atom. The molecule has 2 aromatic rings. The van der Waals surface area contributed by atoms with Crippen molar-refractivity contribution in [1.82, 2.24) is 14.8 Å². The Bertz CT molecular complexity index is 768. The Labute approximate surface area is 136 Å². The molecule has 0 radical (unpaired) electrons. The minimum atomic E-state index is -0.415. The number of hydrogen-bond donors (Lipinski definition) is 1. The topological polar surface area (TPSA) is 103 Å². The number of esters is 1. The molecule has 0 fully saturated rings. The maximum Gasteiger partial charge on any atom is 0.311 e. The highest BCUT2D eigenvalue weighted by Crippen LogP contribution is 2.16. The Hall–Kier alpha value is -2.55. The van der Waals surface area contributed by atoms with E-state index in [2.05, 4.69) is 15.4 Å². The lowest BCUT2D eigenvalue weighted by atomic mass is 10.3. The summed E-state index contributed by atoms with van der Waals surface area (Å²) in [6.07, 6.45) is 0.0547. The number of aromatic nitrogens is 3. The molecule has 0 bridgehead atoms. The highest BCUT2D eigenvalue weighted by molar-refractivity contribution is 7.13. The monoisotopic (exact) mass is 336 g/mol. The Balaban J connectivity index is 1.95. The number of rotatable bonds is 6. The van der Waals surface area contributed by atoms with Crippen LogP contribution in [0.4, 0.5) is 5.13 Å². The zero-order chi connectivity index (χ0) is 16.8. The predicted octanol–water partition coefficient (Wildman–Crippen LogP) is 0.753. The highest BCUT2D eigenvalue weighted by atomic mass is 32.1. The molecule has 2 aromatic heterocycles. The second-order valence-electron chi connectivity index (χ2n) is 4.64. The van der Waals surface area contributed by atoms with Gasteiger partial charge in [-0.25, -0.2) is 9.67 Å². The average molecular weight is 336 g/mol. The van der Waals surface area contributed by atoms with Crippen molar-refractivity contribution in [3.63, 3.8) is 0 Å². The Morgan fingerprint density at radius 2 is 2.17 bits per heavy atom. The molecule has 0 aromatic carbocycles. The van der Waals surface area contributed by atoms with Gasteiger partial charge in [0.25, 0.3) is 5.56 Å². The number of carbonyl (C=O) groups is 2. The van der Waals surface area contributed by atoms with Crippen LogP contribution >= 0.6 is 11.3 Å². The summed E-state index contributed by atoms with van der Waals surface area (Å²) in [6, 6.07) is 2.94. The first kappa shape index (κ1) is 16.8. The molecule has 0 aliphatic heterocycles. The number of nitrogens with one attached hydrogen (secondary N) is 1. The van der Waals surface area contributed by atoms with Gasteiger partial charge in [-0.3, -0.25) is 14.4 Å². The number of carbonyl (C=O) groups excluding carboxylic acids is 2. The van der Waals surface area contributed by atoms with Gasteiger partial charge in [0.2, 0.25) is 5.91 Å². The van der Waals surface area contributed by atoms with E-state index in [0.29, 0.717) is 23.1 Å². The van der Waals surface area contributed by atoms with Crippen LogP contribution < -0.4 is 10.9 Å². The van der Waals surface area contributed by atoms with E-state index in [0.717, 1.165) is 4.68 Å². The van der Waals surface area contributed by atoms with Crippen LogP contribution in [0.5, 0.6) is 0 Å². The molecule has 1 amide bonds. The molecule has 23 heavy (non-hydrogen) atoms. The van der Waals surface area contributed by atoms with Crippen LogP contribution in [0.3, 0.4) is 0 Å². The van der Waals surface area contributed by atoms with Crippen LogP contribution in [0, 0.1) is 6.92 Å². The van der Waals surface area contributed by atoms with Gasteiger partial charge >= 0.3 is 5.97 Å². The van der Waals surface area contributed by atoms with Crippen LogP contribution in [0.2, 0.25) is 0 Å². The van der Waals surface area contributed by atoms with E-state index in [1.807, 2.05) is 0 Å². The van der Waals surface area contributed by atoms with Gasteiger partial charge < -0.3 is 10.1 Å². The summed E-state index contributed by atoms with van der Waals surface area (Å²) in [5.74, 6) is -0.784. The molecule has 1 N–H and O–H groups in total. The summed E-state index contributed by atoms with van der Waals surface area (Å²) in [7, 11) is 0. The molecular weight excluding hydrogens is 320 g/mol. The van der Waals surface area contributed by atoms with Crippen LogP contribution in [0.15, 0.2) is 22.3 Å². The second-order valence-corrected chi connectivity index (χ2v) is 5.50. The number of aryl methyl sites for hydroxylation is 1. The third-order valence-corrected chi connectivity index (χ3v) is 3.53. The fourth-order valence-electron chi connectivity index (χ4n) is 1.76. The molecule has 0 saturated heterocycles. The smallest absolute Gasteiger partial charge is 0.311 e. The lowest BCUT2D eigenvalue weighted by Crippen LogP contribution is -2.29. The normalized spacial score (nSPS) is 10.3. The SMILES string of the molecule is CCOC(=O)Cc1csc(NC(=O)Cn2nc(C)ccc2=O)n1. The number of nitrogens with zero attached hydrogens (tertiary/aromatic N) is 3. The van der Waals surface area contributed by atoms with E-state index < -0.39 is 5.91 Å². The zero-order valence-corrected chi connectivity index (χ0v) is 13.6. The van der Waals surface area contributed by atoms with Gasteiger partial charge in [-0.15, -0.1) is 11.3 Å². The van der Waals surface area contributed by atoms with E-state index in [4.69, 9.17) is 4.74 Å². The Kier molecular flexibility index (Phi) is 5.58. The van der Waals surface area contributed by atoms with Crippen LogP contribution in [-0.4, -0.2) is 33.2 Å². The molecule has 9 heteroatoms. The van der Waals surface area contributed by atoms with E-state index >= 15 is 0 Å². The Morgan fingerprint density at radius 3 is 2.91 bits per heavy atom. The average Bonchev–Trinajstić information content (AvgIpc) is 2.90. The molecule has 122 valence electrons. The largest absolute Gasteiger partial charge is 0.466 e. The summed E-state index contributed by atoms with van der Waals surface area (Å²) in [5, 5.41) is 8.59. The summed E-state index contributed by atoms with van der Waals surface area (Å²) in [6.45, 7) is 3.57. The summed E-state index contributed by atoms with van der Waals surface area (Å²) in [4.78, 5) is 39.0. The standard InChI is InChI=1S/C14H16N4O4S/c1-3-22-13(21)6-10-8-23-14(15-10)16-11(19)7-18-12(20)5-4-9(2)17-18/h4-5,8H,3,6-7H2,1-2H3,(H,15,16,19). The van der Waals surface area contributed by atoms with Crippen LogP contribution in [-0.2, 0) is 27.3 Å². The molecule has 0 unspecified atom stereocenters. The number of ether oxygens (including phenoxy) is 1. The van der Waals surface area contributed by atoms with Crippen molar-refractivity contribution in [3.05, 3.63) is 39.3 Å². The van der Waals surface area contributed by atoms with Gasteiger partial charge in [-0.2, -0.15) is 5.10 Å². The second kappa shape index (κ2) is 7.63. The van der Waals surface area contributed by atoms with Gasteiger partial charge in [0.15, 0.2) is 5.13 Å². The van der Waals surface area contributed by atoms with Gasteiger partial charge in [0, 0.05) is 11.4 Å². The summed E-state index contributed by atoms with van der Waals surface area (Å²) < 4.78 is 5.91. The number of amides is 1. The van der Waals surface area contributed by atoms with Gasteiger partial charge in [0.1, 0.15) is 6.54 Å². The van der Waals surface area contributed by atoms with E-state index in [9.17, 15) is 14.4 Å². The molecule has 0 aliphatic rings. The number of thiazole rings is 1. The quantitative estimate of drug-likeness (QED) is 0.781. The summed E-state index contributed by atoms with van der Waals surface area (Å²) >= 11 is 1.20. The third kappa shape index (κ3) is 4.99. The predicted molar refractivity (Wildman–Crippen MR) is 84.3 cm³/mol. The van der Waals surface area contributed by atoms with Crippen molar-refractivity contribution in [2.24, 2.45) is 0 Å². The summed E-state index contributed by atoms with van der Waals surface area (Å²) in [5.41, 5.74) is 0.811. The van der Waals surface area contributed by atoms with Crippen LogP contribution in [0.1, 0.15) is 18.3 Å². The molecule has 0 saturated carbocycles. The minimum absolute atomic E-state index is 0.0547. The van der Waals surface area contributed by atoms with Gasteiger partial charge in [-0.1, -0.05) is 0 Å². The van der Waals surface area contributed by atoms with E-state index in [1.54, 1.807) is 25.3 Å². The molecule has 0 aliphatic carbocycles. The lowest BCUT2D eigenvalue weighted by molar-refractivity contribution is -0.142.